The van der Waals surface area contributed by atoms with Gasteiger partial charge in [-0.25, -0.2) is 0 Å². The molecule has 0 aliphatic carbocycles. The van der Waals surface area contributed by atoms with Crippen LogP contribution in [0.15, 0.2) is 0 Å². The molecule has 0 spiro atoms. The lowest BCUT2D eigenvalue weighted by Crippen LogP contribution is -2.39. The van der Waals surface area contributed by atoms with E-state index in [2.05, 4.69) is 33.1 Å². The smallest absolute Gasteiger partial charge is 0.233 e. The van der Waals surface area contributed by atoms with Crippen molar-refractivity contribution < 1.29 is 4.79 Å². The molecule has 0 radical (unpaired) electrons. The molecule has 1 aliphatic heterocycles. The number of likely N-dealkylation sites (tertiary alicyclic amines) is 1. The zero-order valence-corrected chi connectivity index (χ0v) is 12.6. The Kier molecular flexibility index (Phi) is 7.12. The van der Waals surface area contributed by atoms with Crippen molar-refractivity contribution in [2.45, 2.75) is 44.4 Å². The molecular formula is C13H25BrN2O. The second-order valence-corrected chi connectivity index (χ2v) is 6.19. The Hall–Kier alpha value is -0.0900. The van der Waals surface area contributed by atoms with Crippen LogP contribution in [0.4, 0.5) is 0 Å². The van der Waals surface area contributed by atoms with Gasteiger partial charge in [0.05, 0.1) is 4.83 Å². The van der Waals surface area contributed by atoms with Crippen LogP contribution in [-0.4, -0.2) is 41.8 Å². The van der Waals surface area contributed by atoms with Gasteiger partial charge in [-0.15, -0.1) is 0 Å². The SMILES string of the molecule is CCC(Br)C(=O)NCC(C)CN1CCCCC1. The fraction of sp³-hybridized carbons (Fsp3) is 0.923. The highest BCUT2D eigenvalue weighted by Gasteiger charge is 2.16. The minimum absolute atomic E-state index is 0.0373. The van der Waals surface area contributed by atoms with Crippen LogP contribution in [0.1, 0.15) is 39.5 Å². The lowest BCUT2D eigenvalue weighted by atomic mass is 10.1. The third-order valence-electron chi connectivity index (χ3n) is 3.29. The van der Waals surface area contributed by atoms with Crippen LogP contribution in [0.3, 0.4) is 0 Å². The van der Waals surface area contributed by atoms with E-state index in [0.29, 0.717) is 5.92 Å². The predicted octanol–water partition coefficient (Wildman–Crippen LogP) is 2.40. The number of carbonyl (C=O) groups excluding carboxylic acids is 1. The van der Waals surface area contributed by atoms with E-state index < -0.39 is 0 Å². The number of nitrogens with zero attached hydrogens (tertiary/aromatic N) is 1. The van der Waals surface area contributed by atoms with Gasteiger partial charge in [-0.3, -0.25) is 4.79 Å². The summed E-state index contributed by atoms with van der Waals surface area (Å²) in [4.78, 5) is 14.1. The van der Waals surface area contributed by atoms with E-state index in [1.807, 2.05) is 6.92 Å². The molecule has 0 aromatic heterocycles. The minimum atomic E-state index is -0.0373. The summed E-state index contributed by atoms with van der Waals surface area (Å²) in [7, 11) is 0. The Labute approximate surface area is 113 Å². The monoisotopic (exact) mass is 304 g/mol. The van der Waals surface area contributed by atoms with Gasteiger partial charge in [0.15, 0.2) is 0 Å². The van der Waals surface area contributed by atoms with Crippen molar-refractivity contribution in [2.75, 3.05) is 26.2 Å². The van der Waals surface area contributed by atoms with Crippen molar-refractivity contribution in [2.24, 2.45) is 5.92 Å². The number of alkyl halides is 1. The van der Waals surface area contributed by atoms with Crippen molar-refractivity contribution in [3.05, 3.63) is 0 Å². The van der Waals surface area contributed by atoms with Crippen molar-refractivity contribution in [3.8, 4) is 0 Å². The van der Waals surface area contributed by atoms with E-state index in [1.54, 1.807) is 0 Å². The summed E-state index contributed by atoms with van der Waals surface area (Å²) in [5.74, 6) is 0.659. The molecule has 0 aromatic rings. The first-order valence-electron chi connectivity index (χ1n) is 6.77. The van der Waals surface area contributed by atoms with Gasteiger partial charge in [0.25, 0.3) is 0 Å². The number of hydrogen-bond acceptors (Lipinski definition) is 2. The number of amides is 1. The summed E-state index contributed by atoms with van der Waals surface area (Å²) in [6.45, 7) is 8.58. The highest BCUT2D eigenvalue weighted by atomic mass is 79.9. The molecule has 0 bridgehead atoms. The average Bonchev–Trinajstić information content (AvgIpc) is 2.36. The molecule has 17 heavy (non-hydrogen) atoms. The molecular weight excluding hydrogens is 280 g/mol. The summed E-state index contributed by atoms with van der Waals surface area (Å²) in [6.07, 6.45) is 4.88. The molecule has 1 N–H and O–H groups in total. The summed E-state index contributed by atoms with van der Waals surface area (Å²) in [5.41, 5.74) is 0. The third-order valence-corrected chi connectivity index (χ3v) is 4.35. The Bertz CT molecular complexity index is 229. The molecule has 3 nitrogen and oxygen atoms in total. The van der Waals surface area contributed by atoms with Gasteiger partial charge in [0, 0.05) is 13.1 Å². The van der Waals surface area contributed by atoms with Crippen LogP contribution >= 0.6 is 15.9 Å². The van der Waals surface area contributed by atoms with Crippen LogP contribution in [0.5, 0.6) is 0 Å². The maximum Gasteiger partial charge on any atom is 0.233 e. The summed E-state index contributed by atoms with van der Waals surface area (Å²) in [5, 5.41) is 3.01. The highest BCUT2D eigenvalue weighted by Crippen LogP contribution is 2.11. The second-order valence-electron chi connectivity index (χ2n) is 5.09. The van der Waals surface area contributed by atoms with Crippen LogP contribution in [0.25, 0.3) is 0 Å². The number of piperidine rings is 1. The van der Waals surface area contributed by atoms with Crippen molar-refractivity contribution in [1.29, 1.82) is 0 Å². The number of hydrogen-bond donors (Lipinski definition) is 1. The van der Waals surface area contributed by atoms with Gasteiger partial charge < -0.3 is 10.2 Å². The largest absolute Gasteiger partial charge is 0.355 e. The maximum absolute atomic E-state index is 11.6. The van der Waals surface area contributed by atoms with E-state index in [9.17, 15) is 4.79 Å². The summed E-state index contributed by atoms with van der Waals surface area (Å²) in [6, 6.07) is 0. The molecule has 1 rings (SSSR count). The molecule has 0 saturated carbocycles. The predicted molar refractivity (Wildman–Crippen MR) is 75.5 cm³/mol. The average molecular weight is 305 g/mol. The van der Waals surface area contributed by atoms with E-state index in [4.69, 9.17) is 0 Å². The van der Waals surface area contributed by atoms with Gasteiger partial charge >= 0.3 is 0 Å². The van der Waals surface area contributed by atoms with E-state index in [-0.39, 0.29) is 10.7 Å². The van der Waals surface area contributed by atoms with Gasteiger partial charge in [0.1, 0.15) is 0 Å². The normalized spacial score (nSPS) is 20.9. The van der Waals surface area contributed by atoms with Crippen molar-refractivity contribution in [3.63, 3.8) is 0 Å². The maximum atomic E-state index is 11.6. The van der Waals surface area contributed by atoms with E-state index in [0.717, 1.165) is 19.5 Å². The molecule has 0 aromatic carbocycles. The lowest BCUT2D eigenvalue weighted by Gasteiger charge is -2.29. The van der Waals surface area contributed by atoms with Gasteiger partial charge in [0.2, 0.25) is 5.91 Å². The zero-order chi connectivity index (χ0) is 12.7. The molecule has 4 heteroatoms. The minimum Gasteiger partial charge on any atom is -0.355 e. The summed E-state index contributed by atoms with van der Waals surface area (Å²) >= 11 is 3.37. The first-order valence-corrected chi connectivity index (χ1v) is 7.69. The van der Waals surface area contributed by atoms with E-state index >= 15 is 0 Å². The van der Waals surface area contributed by atoms with Crippen LogP contribution in [0.2, 0.25) is 0 Å². The number of carbonyl (C=O) groups is 1. The number of halogens is 1. The molecule has 100 valence electrons. The Morgan fingerprint density at radius 3 is 2.59 bits per heavy atom. The van der Waals surface area contributed by atoms with Crippen LogP contribution in [0, 0.1) is 5.92 Å². The fourth-order valence-electron chi connectivity index (χ4n) is 2.22. The molecule has 2 unspecified atom stereocenters. The van der Waals surface area contributed by atoms with Crippen LogP contribution < -0.4 is 5.32 Å². The third kappa shape index (κ3) is 5.87. The Morgan fingerprint density at radius 2 is 2.00 bits per heavy atom. The Balaban J connectivity index is 2.15. The summed E-state index contributed by atoms with van der Waals surface area (Å²) < 4.78 is 0. The first kappa shape index (κ1) is 15.0. The number of rotatable bonds is 6. The number of nitrogens with one attached hydrogen (secondary N) is 1. The zero-order valence-electron chi connectivity index (χ0n) is 11.0. The van der Waals surface area contributed by atoms with Crippen molar-refractivity contribution >= 4 is 21.8 Å². The van der Waals surface area contributed by atoms with Crippen LogP contribution in [-0.2, 0) is 4.79 Å². The second kappa shape index (κ2) is 8.09. The molecule has 1 saturated heterocycles. The fourth-order valence-corrected chi connectivity index (χ4v) is 2.38. The van der Waals surface area contributed by atoms with Crippen molar-refractivity contribution in [1.82, 2.24) is 10.2 Å². The quantitative estimate of drug-likeness (QED) is 0.764. The van der Waals surface area contributed by atoms with Gasteiger partial charge in [-0.1, -0.05) is 36.2 Å². The van der Waals surface area contributed by atoms with Gasteiger partial charge in [-0.05, 0) is 38.3 Å². The molecule has 1 heterocycles. The molecule has 1 fully saturated rings. The molecule has 2 atom stereocenters. The van der Waals surface area contributed by atoms with Gasteiger partial charge in [-0.2, -0.15) is 0 Å². The lowest BCUT2D eigenvalue weighted by molar-refractivity contribution is -0.120. The highest BCUT2D eigenvalue weighted by molar-refractivity contribution is 9.10. The Morgan fingerprint density at radius 1 is 1.35 bits per heavy atom. The topological polar surface area (TPSA) is 32.3 Å². The molecule has 1 amide bonds. The van der Waals surface area contributed by atoms with E-state index in [1.165, 1.54) is 32.4 Å². The molecule has 1 aliphatic rings. The first-order chi connectivity index (χ1) is 8.13. The standard InChI is InChI=1S/C13H25BrN2O/c1-3-12(14)13(17)15-9-11(2)10-16-7-5-4-6-8-16/h11-12H,3-10H2,1-2H3,(H,15,17).